The predicted molar refractivity (Wildman–Crippen MR) is 81.5 cm³/mol. The molecule has 4 heteroatoms. The lowest BCUT2D eigenvalue weighted by Crippen LogP contribution is -2.09. The van der Waals surface area contributed by atoms with Gasteiger partial charge in [-0.05, 0) is 23.3 Å². The van der Waals surface area contributed by atoms with E-state index >= 15 is 0 Å². The molecule has 0 bridgehead atoms. The first kappa shape index (κ1) is 12.4. The van der Waals surface area contributed by atoms with Crippen molar-refractivity contribution < 1.29 is 4.74 Å². The van der Waals surface area contributed by atoms with Crippen molar-refractivity contribution in [3.63, 3.8) is 0 Å². The van der Waals surface area contributed by atoms with Gasteiger partial charge in [0.15, 0.2) is 0 Å². The zero-order chi connectivity index (χ0) is 13.9. The van der Waals surface area contributed by atoms with E-state index < -0.39 is 0 Å². The van der Waals surface area contributed by atoms with Gasteiger partial charge in [0.1, 0.15) is 17.1 Å². The van der Waals surface area contributed by atoms with Crippen LogP contribution in [0.1, 0.15) is 0 Å². The molecule has 3 rings (SSSR count). The second-order valence-electron chi connectivity index (χ2n) is 4.42. The summed E-state index contributed by atoms with van der Waals surface area (Å²) in [6.45, 7) is 0. The maximum absolute atomic E-state index is 5.53. The molecule has 0 aliphatic carbocycles. The highest BCUT2D eigenvalue weighted by Crippen LogP contribution is 2.33. The molecule has 3 aromatic rings. The smallest absolute Gasteiger partial charge is 0.145 e. The quantitative estimate of drug-likeness (QED) is 0.564. The van der Waals surface area contributed by atoms with Crippen molar-refractivity contribution >= 4 is 16.7 Å². The van der Waals surface area contributed by atoms with E-state index in [2.05, 4.69) is 22.5 Å². The molecule has 0 saturated heterocycles. The molecule has 1 aromatic heterocycles. The molecule has 1 heterocycles. The van der Waals surface area contributed by atoms with Gasteiger partial charge in [0.05, 0.1) is 7.11 Å². The number of methoxy groups -OCH3 is 1. The Morgan fingerprint density at radius 1 is 1.05 bits per heavy atom. The Morgan fingerprint density at radius 2 is 1.85 bits per heavy atom. The number of aromatic nitrogens is 1. The molecule has 0 aliphatic heterocycles. The number of pyridine rings is 1. The van der Waals surface area contributed by atoms with Crippen LogP contribution in [0, 0.1) is 0 Å². The Balaban J connectivity index is 2.36. The van der Waals surface area contributed by atoms with E-state index in [1.165, 1.54) is 0 Å². The summed E-state index contributed by atoms with van der Waals surface area (Å²) in [5, 5.41) is 1.04. The molecule has 0 radical (unpaired) electrons. The van der Waals surface area contributed by atoms with Crippen molar-refractivity contribution in [2.24, 2.45) is 5.84 Å². The zero-order valence-electron chi connectivity index (χ0n) is 11.1. The van der Waals surface area contributed by atoms with E-state index in [4.69, 9.17) is 10.6 Å². The molecule has 0 aliphatic rings. The van der Waals surface area contributed by atoms with Gasteiger partial charge in [-0.25, -0.2) is 10.8 Å². The fourth-order valence-corrected chi connectivity index (χ4v) is 2.32. The number of fused-ring (bicyclic) bond motifs is 1. The minimum atomic E-state index is 0.612. The summed E-state index contributed by atoms with van der Waals surface area (Å²) in [6.07, 6.45) is 0. The molecule has 0 fully saturated rings. The van der Waals surface area contributed by atoms with Gasteiger partial charge in [-0.2, -0.15) is 0 Å². The molecule has 0 spiro atoms. The molecule has 0 atom stereocenters. The Bertz CT molecular complexity index is 741. The fraction of sp³-hybridized carbons (Fsp3) is 0.0625. The lowest BCUT2D eigenvalue weighted by molar-refractivity contribution is 0.419. The number of rotatable bonds is 3. The summed E-state index contributed by atoms with van der Waals surface area (Å²) in [5.74, 6) is 6.87. The SMILES string of the molecule is COc1cccc2c(-c3ccccc3)cc(NN)nc12. The molecule has 0 unspecified atom stereocenters. The van der Waals surface area contributed by atoms with Crippen LogP contribution in [-0.2, 0) is 0 Å². The molecular formula is C16H15N3O. The van der Waals surface area contributed by atoms with Crippen LogP contribution in [0.3, 0.4) is 0 Å². The summed E-state index contributed by atoms with van der Waals surface area (Å²) in [7, 11) is 1.64. The minimum Gasteiger partial charge on any atom is -0.494 e. The molecule has 0 saturated carbocycles. The number of hydrogen-bond acceptors (Lipinski definition) is 4. The van der Waals surface area contributed by atoms with Crippen LogP contribution in [0.5, 0.6) is 5.75 Å². The molecule has 100 valence electrons. The first-order valence-electron chi connectivity index (χ1n) is 6.33. The van der Waals surface area contributed by atoms with Crippen LogP contribution in [0.4, 0.5) is 5.82 Å². The van der Waals surface area contributed by atoms with E-state index in [0.29, 0.717) is 5.82 Å². The van der Waals surface area contributed by atoms with E-state index in [1.54, 1.807) is 7.11 Å². The number of nitrogens with zero attached hydrogens (tertiary/aromatic N) is 1. The van der Waals surface area contributed by atoms with Gasteiger partial charge in [0.2, 0.25) is 0 Å². The van der Waals surface area contributed by atoms with Crippen LogP contribution < -0.4 is 16.0 Å². The van der Waals surface area contributed by atoms with Gasteiger partial charge in [-0.3, -0.25) is 0 Å². The average Bonchev–Trinajstić information content (AvgIpc) is 2.54. The van der Waals surface area contributed by atoms with Crippen molar-refractivity contribution in [3.8, 4) is 16.9 Å². The number of benzene rings is 2. The first-order valence-corrected chi connectivity index (χ1v) is 6.33. The number of hydrogen-bond donors (Lipinski definition) is 2. The van der Waals surface area contributed by atoms with Crippen LogP contribution in [0.25, 0.3) is 22.0 Å². The topological polar surface area (TPSA) is 60.2 Å². The molecule has 3 N–H and O–H groups in total. The Labute approximate surface area is 117 Å². The van der Waals surface area contributed by atoms with Gasteiger partial charge in [0, 0.05) is 5.39 Å². The highest BCUT2D eigenvalue weighted by atomic mass is 16.5. The van der Waals surface area contributed by atoms with E-state index in [-0.39, 0.29) is 0 Å². The van der Waals surface area contributed by atoms with Crippen LogP contribution in [0.2, 0.25) is 0 Å². The summed E-state index contributed by atoms with van der Waals surface area (Å²) in [4.78, 5) is 4.49. The summed E-state index contributed by atoms with van der Waals surface area (Å²) < 4.78 is 5.39. The standard InChI is InChI=1S/C16H15N3O/c1-20-14-9-5-8-12-13(11-6-3-2-4-7-11)10-15(19-17)18-16(12)14/h2-10H,17H2,1H3,(H,18,19). The maximum atomic E-state index is 5.53. The average molecular weight is 265 g/mol. The van der Waals surface area contributed by atoms with Crippen molar-refractivity contribution in [2.75, 3.05) is 12.5 Å². The summed E-state index contributed by atoms with van der Waals surface area (Å²) >= 11 is 0. The number of nitrogens with one attached hydrogen (secondary N) is 1. The molecule has 2 aromatic carbocycles. The number of ether oxygens (including phenoxy) is 1. The summed E-state index contributed by atoms with van der Waals surface area (Å²) in [5.41, 5.74) is 5.60. The van der Waals surface area contributed by atoms with Crippen LogP contribution >= 0.6 is 0 Å². The van der Waals surface area contributed by atoms with Crippen molar-refractivity contribution in [1.29, 1.82) is 0 Å². The number of anilines is 1. The van der Waals surface area contributed by atoms with Gasteiger partial charge < -0.3 is 10.2 Å². The second-order valence-corrected chi connectivity index (χ2v) is 4.42. The van der Waals surface area contributed by atoms with Gasteiger partial charge in [0.25, 0.3) is 0 Å². The number of para-hydroxylation sites is 1. The molecule has 0 amide bonds. The minimum absolute atomic E-state index is 0.612. The fourth-order valence-electron chi connectivity index (χ4n) is 2.32. The van der Waals surface area contributed by atoms with Crippen molar-refractivity contribution in [2.45, 2.75) is 0 Å². The van der Waals surface area contributed by atoms with Crippen LogP contribution in [-0.4, -0.2) is 12.1 Å². The largest absolute Gasteiger partial charge is 0.494 e. The van der Waals surface area contributed by atoms with Gasteiger partial charge in [-0.15, -0.1) is 0 Å². The molecule has 20 heavy (non-hydrogen) atoms. The number of nitrogens with two attached hydrogens (primary N) is 1. The monoisotopic (exact) mass is 265 g/mol. The highest BCUT2D eigenvalue weighted by molar-refractivity contribution is 5.98. The van der Waals surface area contributed by atoms with E-state index in [1.807, 2.05) is 42.5 Å². The first-order chi connectivity index (χ1) is 9.83. The second kappa shape index (κ2) is 5.19. The normalized spacial score (nSPS) is 10.5. The van der Waals surface area contributed by atoms with Crippen molar-refractivity contribution in [3.05, 3.63) is 54.6 Å². The Hall–Kier alpha value is -2.59. The van der Waals surface area contributed by atoms with Gasteiger partial charge in [-0.1, -0.05) is 42.5 Å². The molecule has 4 nitrogen and oxygen atoms in total. The zero-order valence-corrected chi connectivity index (χ0v) is 11.1. The van der Waals surface area contributed by atoms with Crippen LogP contribution in [0.15, 0.2) is 54.6 Å². The van der Waals surface area contributed by atoms with E-state index in [9.17, 15) is 0 Å². The lowest BCUT2D eigenvalue weighted by Gasteiger charge is -2.11. The maximum Gasteiger partial charge on any atom is 0.145 e. The van der Waals surface area contributed by atoms with Gasteiger partial charge >= 0.3 is 0 Å². The molecular weight excluding hydrogens is 250 g/mol. The van der Waals surface area contributed by atoms with E-state index in [0.717, 1.165) is 27.8 Å². The lowest BCUT2D eigenvalue weighted by atomic mass is 10.0. The number of hydrazine groups is 1. The third-order valence-electron chi connectivity index (χ3n) is 3.26. The number of nitrogen functional groups attached to an aromatic ring is 1. The Kier molecular flexibility index (Phi) is 3.23. The van der Waals surface area contributed by atoms with Crippen molar-refractivity contribution in [1.82, 2.24) is 4.98 Å². The summed E-state index contributed by atoms with van der Waals surface area (Å²) in [6, 6.07) is 18.0. The third kappa shape index (κ3) is 2.06. The highest BCUT2D eigenvalue weighted by Gasteiger charge is 2.10. The third-order valence-corrected chi connectivity index (χ3v) is 3.26. The Morgan fingerprint density at radius 3 is 2.55 bits per heavy atom. The predicted octanol–water partition coefficient (Wildman–Crippen LogP) is 3.20.